The predicted octanol–water partition coefficient (Wildman–Crippen LogP) is 0.718. The van der Waals surface area contributed by atoms with E-state index >= 15 is 0 Å². The van der Waals surface area contributed by atoms with Gasteiger partial charge >= 0.3 is 0 Å². The summed E-state index contributed by atoms with van der Waals surface area (Å²) in [6.07, 6.45) is 0.561. The summed E-state index contributed by atoms with van der Waals surface area (Å²) in [5, 5.41) is 2.71. The highest BCUT2D eigenvalue weighted by Gasteiger charge is 2.21. The van der Waals surface area contributed by atoms with Crippen LogP contribution in [0.1, 0.15) is 19.8 Å². The summed E-state index contributed by atoms with van der Waals surface area (Å²) < 4.78 is 13.0. The van der Waals surface area contributed by atoms with Crippen LogP contribution in [0.5, 0.6) is 0 Å². The van der Waals surface area contributed by atoms with Gasteiger partial charge in [0.1, 0.15) is 5.82 Å². The number of hydrogen-bond donors (Lipinski definition) is 2. The van der Waals surface area contributed by atoms with Crippen LogP contribution in [0, 0.1) is 5.82 Å². The van der Waals surface area contributed by atoms with Crippen LogP contribution >= 0.6 is 0 Å². The molecule has 132 valence electrons. The van der Waals surface area contributed by atoms with Crippen LogP contribution in [0.4, 0.5) is 10.1 Å². The molecule has 1 atom stereocenters. The van der Waals surface area contributed by atoms with Crippen molar-refractivity contribution < 1.29 is 14.0 Å². The van der Waals surface area contributed by atoms with Crippen LogP contribution in [-0.4, -0.2) is 55.5 Å². The van der Waals surface area contributed by atoms with E-state index in [1.807, 2.05) is 0 Å². The lowest BCUT2D eigenvalue weighted by Gasteiger charge is -2.36. The van der Waals surface area contributed by atoms with E-state index in [1.54, 1.807) is 24.0 Å². The second-order valence-electron chi connectivity index (χ2n) is 6.13. The van der Waals surface area contributed by atoms with Crippen LogP contribution in [0.15, 0.2) is 24.3 Å². The Morgan fingerprint density at radius 1 is 1.21 bits per heavy atom. The number of piperazine rings is 1. The lowest BCUT2D eigenvalue weighted by molar-refractivity contribution is -0.131. The minimum atomic E-state index is -0.251. The van der Waals surface area contributed by atoms with Crippen molar-refractivity contribution in [1.29, 1.82) is 0 Å². The fraction of sp³-hybridized carbons (Fsp3) is 0.529. The van der Waals surface area contributed by atoms with Gasteiger partial charge in [-0.05, 0) is 31.2 Å². The summed E-state index contributed by atoms with van der Waals surface area (Å²) in [7, 11) is 0. The van der Waals surface area contributed by atoms with Gasteiger partial charge in [0.25, 0.3) is 0 Å². The first-order chi connectivity index (χ1) is 11.5. The molecule has 1 aliphatic rings. The highest BCUT2D eigenvalue weighted by Crippen LogP contribution is 2.17. The highest BCUT2D eigenvalue weighted by atomic mass is 19.1. The van der Waals surface area contributed by atoms with Gasteiger partial charge in [-0.1, -0.05) is 0 Å². The summed E-state index contributed by atoms with van der Waals surface area (Å²) >= 11 is 0. The molecule has 0 aliphatic carbocycles. The van der Waals surface area contributed by atoms with Crippen molar-refractivity contribution in [3.63, 3.8) is 0 Å². The van der Waals surface area contributed by atoms with Crippen LogP contribution in [0.25, 0.3) is 0 Å². The Hall–Kier alpha value is -2.15. The third-order valence-electron chi connectivity index (χ3n) is 3.99. The van der Waals surface area contributed by atoms with Gasteiger partial charge in [-0.2, -0.15) is 0 Å². The number of nitrogens with one attached hydrogen (secondary N) is 1. The maximum Gasteiger partial charge on any atom is 0.224 e. The summed E-state index contributed by atoms with van der Waals surface area (Å²) in [5.41, 5.74) is 6.51. The quantitative estimate of drug-likeness (QED) is 0.802. The smallest absolute Gasteiger partial charge is 0.224 e. The second kappa shape index (κ2) is 8.63. The lowest BCUT2D eigenvalue weighted by atomic mass is 10.2. The van der Waals surface area contributed by atoms with Gasteiger partial charge in [0.15, 0.2) is 0 Å². The molecular formula is C17H25FN4O2. The van der Waals surface area contributed by atoms with Crippen molar-refractivity contribution in [1.82, 2.24) is 10.2 Å². The number of anilines is 1. The Morgan fingerprint density at radius 3 is 2.42 bits per heavy atom. The topological polar surface area (TPSA) is 78.7 Å². The molecule has 7 heteroatoms. The lowest BCUT2D eigenvalue weighted by Crippen LogP contribution is -2.49. The van der Waals surface area contributed by atoms with Gasteiger partial charge in [0, 0.05) is 57.3 Å². The first kappa shape index (κ1) is 18.2. The molecule has 2 rings (SSSR count). The van der Waals surface area contributed by atoms with Crippen LogP contribution in [0.2, 0.25) is 0 Å². The molecule has 0 radical (unpaired) electrons. The SMILES string of the molecule is CC(N)CC(=O)NCCC(=O)N1CCN(c2ccc(F)cc2)CC1. The van der Waals surface area contributed by atoms with Gasteiger partial charge in [-0.15, -0.1) is 0 Å². The van der Waals surface area contributed by atoms with Crippen LogP contribution in [-0.2, 0) is 9.59 Å². The largest absolute Gasteiger partial charge is 0.368 e. The van der Waals surface area contributed by atoms with Gasteiger partial charge in [-0.3, -0.25) is 9.59 Å². The first-order valence-corrected chi connectivity index (χ1v) is 8.26. The summed E-state index contributed by atoms with van der Waals surface area (Å²) in [4.78, 5) is 27.6. The van der Waals surface area contributed by atoms with Crippen molar-refractivity contribution in [3.05, 3.63) is 30.1 Å². The van der Waals surface area contributed by atoms with Crippen molar-refractivity contribution in [2.45, 2.75) is 25.8 Å². The van der Waals surface area contributed by atoms with Crippen molar-refractivity contribution in [2.24, 2.45) is 5.73 Å². The number of amides is 2. The van der Waals surface area contributed by atoms with Gasteiger partial charge in [-0.25, -0.2) is 4.39 Å². The van der Waals surface area contributed by atoms with Gasteiger partial charge in [0.2, 0.25) is 11.8 Å². The number of nitrogens with zero attached hydrogens (tertiary/aromatic N) is 2. The molecular weight excluding hydrogens is 311 g/mol. The van der Waals surface area contributed by atoms with Crippen LogP contribution < -0.4 is 16.0 Å². The van der Waals surface area contributed by atoms with E-state index in [4.69, 9.17) is 5.73 Å². The molecule has 1 aliphatic heterocycles. The molecule has 0 bridgehead atoms. The van der Waals surface area contributed by atoms with E-state index in [0.29, 0.717) is 39.1 Å². The molecule has 0 saturated carbocycles. The highest BCUT2D eigenvalue weighted by molar-refractivity contribution is 5.79. The van der Waals surface area contributed by atoms with E-state index < -0.39 is 0 Å². The van der Waals surface area contributed by atoms with Crippen LogP contribution in [0.3, 0.4) is 0 Å². The number of halogens is 1. The summed E-state index contributed by atoms with van der Waals surface area (Å²) in [6.45, 7) is 4.80. The average Bonchev–Trinajstić information content (AvgIpc) is 2.55. The Labute approximate surface area is 141 Å². The second-order valence-corrected chi connectivity index (χ2v) is 6.13. The molecule has 1 saturated heterocycles. The van der Waals surface area contributed by atoms with E-state index in [1.165, 1.54) is 12.1 Å². The zero-order chi connectivity index (χ0) is 17.5. The van der Waals surface area contributed by atoms with Crippen molar-refractivity contribution in [3.8, 4) is 0 Å². The molecule has 0 spiro atoms. The Kier molecular flexibility index (Phi) is 6.54. The monoisotopic (exact) mass is 336 g/mol. The number of rotatable bonds is 6. The third-order valence-corrected chi connectivity index (χ3v) is 3.99. The molecule has 6 nitrogen and oxygen atoms in total. The first-order valence-electron chi connectivity index (χ1n) is 8.26. The molecule has 3 N–H and O–H groups in total. The maximum absolute atomic E-state index is 13.0. The number of nitrogens with two attached hydrogens (primary N) is 1. The molecule has 1 aromatic rings. The summed E-state index contributed by atoms with van der Waals surface area (Å²) in [6, 6.07) is 6.21. The van der Waals surface area contributed by atoms with E-state index in [2.05, 4.69) is 10.2 Å². The van der Waals surface area contributed by atoms with E-state index in [9.17, 15) is 14.0 Å². The molecule has 0 aromatic heterocycles. The number of benzene rings is 1. The standard InChI is InChI=1S/C17H25FN4O2/c1-13(19)12-16(23)20-7-6-17(24)22-10-8-21(9-11-22)15-4-2-14(18)3-5-15/h2-5,13H,6-12,19H2,1H3,(H,20,23). The third kappa shape index (κ3) is 5.49. The zero-order valence-corrected chi connectivity index (χ0v) is 14.0. The number of carbonyl (C=O) groups excluding carboxylic acids is 2. The minimum Gasteiger partial charge on any atom is -0.368 e. The normalized spacial score (nSPS) is 16.0. The molecule has 1 unspecified atom stereocenters. The number of carbonyl (C=O) groups is 2. The molecule has 1 heterocycles. The fourth-order valence-corrected chi connectivity index (χ4v) is 2.70. The molecule has 1 aromatic carbocycles. The van der Waals surface area contributed by atoms with Gasteiger partial charge < -0.3 is 20.9 Å². The van der Waals surface area contributed by atoms with E-state index in [0.717, 1.165) is 5.69 Å². The summed E-state index contributed by atoms with van der Waals surface area (Å²) in [5.74, 6) is -0.340. The fourth-order valence-electron chi connectivity index (χ4n) is 2.70. The van der Waals surface area contributed by atoms with Crippen molar-refractivity contribution >= 4 is 17.5 Å². The van der Waals surface area contributed by atoms with E-state index in [-0.39, 0.29) is 30.1 Å². The average molecular weight is 336 g/mol. The Morgan fingerprint density at radius 2 is 1.83 bits per heavy atom. The zero-order valence-electron chi connectivity index (χ0n) is 14.0. The Balaban J connectivity index is 1.70. The maximum atomic E-state index is 13.0. The van der Waals surface area contributed by atoms with Gasteiger partial charge in [0.05, 0.1) is 0 Å². The molecule has 2 amide bonds. The predicted molar refractivity (Wildman–Crippen MR) is 91.1 cm³/mol. The Bertz CT molecular complexity index is 554. The molecule has 1 fully saturated rings. The minimum absolute atomic E-state index is 0.0369. The molecule has 24 heavy (non-hydrogen) atoms. The number of hydrogen-bond acceptors (Lipinski definition) is 4. The van der Waals surface area contributed by atoms with Crippen molar-refractivity contribution in [2.75, 3.05) is 37.6 Å².